The molecule has 1 saturated heterocycles. The van der Waals surface area contributed by atoms with E-state index in [4.69, 9.17) is 0 Å². The van der Waals surface area contributed by atoms with Gasteiger partial charge in [0.2, 0.25) is 5.91 Å². The normalized spacial score (nSPS) is 23.2. The van der Waals surface area contributed by atoms with Crippen LogP contribution in [0.2, 0.25) is 0 Å². The van der Waals surface area contributed by atoms with Crippen LogP contribution >= 0.6 is 0 Å². The molecule has 3 nitrogen and oxygen atoms in total. The van der Waals surface area contributed by atoms with Crippen molar-refractivity contribution in [1.29, 1.82) is 0 Å². The predicted molar refractivity (Wildman–Crippen MR) is 67.3 cm³/mol. The molecule has 2 unspecified atom stereocenters. The van der Waals surface area contributed by atoms with Gasteiger partial charge in [0.25, 0.3) is 0 Å². The summed E-state index contributed by atoms with van der Waals surface area (Å²) in [6.45, 7) is 11.5. The Morgan fingerprint density at radius 2 is 2.12 bits per heavy atom. The third-order valence-corrected chi connectivity index (χ3v) is 3.56. The van der Waals surface area contributed by atoms with Crippen LogP contribution < -0.4 is 5.32 Å². The molecular weight excluding hydrogens is 200 g/mol. The summed E-state index contributed by atoms with van der Waals surface area (Å²) in [7, 11) is 0. The molecule has 0 aromatic heterocycles. The molecule has 16 heavy (non-hydrogen) atoms. The highest BCUT2D eigenvalue weighted by molar-refractivity contribution is 5.78. The van der Waals surface area contributed by atoms with E-state index in [1.165, 1.54) is 0 Å². The molecule has 1 rings (SSSR count). The van der Waals surface area contributed by atoms with Gasteiger partial charge < -0.3 is 10.2 Å². The lowest BCUT2D eigenvalue weighted by molar-refractivity contribution is -0.128. The number of hydrogen-bond acceptors (Lipinski definition) is 2. The van der Waals surface area contributed by atoms with Crippen LogP contribution in [-0.4, -0.2) is 36.5 Å². The van der Waals surface area contributed by atoms with Crippen LogP contribution in [0.15, 0.2) is 0 Å². The highest BCUT2D eigenvalue weighted by Gasteiger charge is 2.30. The maximum Gasteiger partial charge on any atom is 0.222 e. The Kier molecular flexibility index (Phi) is 5.26. The summed E-state index contributed by atoms with van der Waals surface area (Å²) >= 11 is 0. The highest BCUT2D eigenvalue weighted by Crippen LogP contribution is 2.21. The van der Waals surface area contributed by atoms with Gasteiger partial charge in [-0.3, -0.25) is 4.79 Å². The zero-order valence-electron chi connectivity index (χ0n) is 11.1. The van der Waals surface area contributed by atoms with Gasteiger partial charge in [-0.1, -0.05) is 34.1 Å². The van der Waals surface area contributed by atoms with Gasteiger partial charge in [0.1, 0.15) is 0 Å². The molecule has 1 heterocycles. The molecule has 2 atom stereocenters. The van der Waals surface area contributed by atoms with Crippen molar-refractivity contribution in [3.63, 3.8) is 0 Å². The molecule has 0 saturated carbocycles. The van der Waals surface area contributed by atoms with E-state index in [1.807, 2.05) is 4.90 Å². The van der Waals surface area contributed by atoms with Gasteiger partial charge in [0, 0.05) is 25.6 Å². The van der Waals surface area contributed by atoms with E-state index in [0.29, 0.717) is 23.8 Å². The number of amides is 1. The summed E-state index contributed by atoms with van der Waals surface area (Å²) in [5, 5.41) is 3.47. The minimum Gasteiger partial charge on any atom is -0.341 e. The highest BCUT2D eigenvalue weighted by atomic mass is 16.2. The van der Waals surface area contributed by atoms with Crippen LogP contribution in [0.5, 0.6) is 0 Å². The average molecular weight is 226 g/mol. The van der Waals surface area contributed by atoms with Crippen molar-refractivity contribution in [1.82, 2.24) is 10.2 Å². The van der Waals surface area contributed by atoms with Crippen LogP contribution in [0.1, 0.15) is 40.5 Å². The number of rotatable bonds is 6. The van der Waals surface area contributed by atoms with Gasteiger partial charge >= 0.3 is 0 Å². The molecule has 1 aliphatic heterocycles. The fourth-order valence-corrected chi connectivity index (χ4v) is 2.31. The summed E-state index contributed by atoms with van der Waals surface area (Å²) in [5.74, 6) is 1.51. The lowest BCUT2D eigenvalue weighted by Gasteiger charge is -2.27. The molecule has 1 aliphatic rings. The van der Waals surface area contributed by atoms with E-state index in [-0.39, 0.29) is 0 Å². The number of carbonyl (C=O) groups excluding carboxylic acids is 1. The summed E-state index contributed by atoms with van der Waals surface area (Å²) in [5.41, 5.74) is 0. The Balaban J connectivity index is 2.48. The van der Waals surface area contributed by atoms with Gasteiger partial charge in [-0.25, -0.2) is 0 Å². The first kappa shape index (κ1) is 13.5. The maximum atomic E-state index is 11.8. The Morgan fingerprint density at radius 3 is 2.56 bits per heavy atom. The van der Waals surface area contributed by atoms with E-state index in [0.717, 1.165) is 32.5 Å². The molecule has 3 heteroatoms. The van der Waals surface area contributed by atoms with Crippen molar-refractivity contribution in [3.8, 4) is 0 Å². The molecule has 0 spiro atoms. The first-order chi connectivity index (χ1) is 7.58. The summed E-state index contributed by atoms with van der Waals surface area (Å²) < 4.78 is 0. The molecule has 1 fully saturated rings. The second kappa shape index (κ2) is 6.24. The second-order valence-electron chi connectivity index (χ2n) is 5.19. The Hall–Kier alpha value is -0.570. The van der Waals surface area contributed by atoms with Crippen molar-refractivity contribution < 1.29 is 4.79 Å². The monoisotopic (exact) mass is 226 g/mol. The lowest BCUT2D eigenvalue weighted by Crippen LogP contribution is -2.44. The Labute approximate surface area is 99.6 Å². The number of likely N-dealkylation sites (tertiary alicyclic amines) is 1. The van der Waals surface area contributed by atoms with Crippen LogP contribution in [-0.2, 0) is 4.79 Å². The summed E-state index contributed by atoms with van der Waals surface area (Å²) in [4.78, 5) is 13.8. The smallest absolute Gasteiger partial charge is 0.222 e. The van der Waals surface area contributed by atoms with Crippen molar-refractivity contribution in [2.45, 2.75) is 46.6 Å². The van der Waals surface area contributed by atoms with E-state index in [9.17, 15) is 4.79 Å². The quantitative estimate of drug-likeness (QED) is 0.750. The molecule has 1 amide bonds. The third-order valence-electron chi connectivity index (χ3n) is 3.56. The minimum atomic E-state index is 0.343. The van der Waals surface area contributed by atoms with Crippen molar-refractivity contribution in [3.05, 3.63) is 0 Å². The van der Waals surface area contributed by atoms with E-state index >= 15 is 0 Å². The fraction of sp³-hybridized carbons (Fsp3) is 0.923. The first-order valence-corrected chi connectivity index (χ1v) is 6.59. The van der Waals surface area contributed by atoms with Crippen molar-refractivity contribution in [2.24, 2.45) is 11.8 Å². The number of likely N-dealkylation sites (N-methyl/N-ethyl adjacent to an activating group) is 1. The topological polar surface area (TPSA) is 32.3 Å². The maximum absolute atomic E-state index is 11.8. The molecular formula is C13H26N2O. The van der Waals surface area contributed by atoms with E-state index < -0.39 is 0 Å². The van der Waals surface area contributed by atoms with Crippen LogP contribution in [0.3, 0.4) is 0 Å². The SMILES string of the molecule is CCNC(CN1CC(CC)CC1=O)C(C)C. The largest absolute Gasteiger partial charge is 0.341 e. The van der Waals surface area contributed by atoms with Crippen LogP contribution in [0.4, 0.5) is 0 Å². The zero-order chi connectivity index (χ0) is 12.1. The third kappa shape index (κ3) is 3.48. The lowest BCUT2D eigenvalue weighted by atomic mass is 10.0. The molecule has 0 aromatic carbocycles. The zero-order valence-corrected chi connectivity index (χ0v) is 11.1. The summed E-state index contributed by atoms with van der Waals surface area (Å²) in [6.07, 6.45) is 1.88. The molecule has 94 valence electrons. The van der Waals surface area contributed by atoms with Crippen LogP contribution in [0.25, 0.3) is 0 Å². The standard InChI is InChI=1S/C13H26N2O/c1-5-11-7-13(16)15(8-11)9-12(10(3)4)14-6-2/h10-12,14H,5-9H2,1-4H3. The van der Waals surface area contributed by atoms with Crippen molar-refractivity contribution >= 4 is 5.91 Å². The molecule has 0 aromatic rings. The number of carbonyl (C=O) groups is 1. The van der Waals surface area contributed by atoms with Gasteiger partial charge in [-0.15, -0.1) is 0 Å². The van der Waals surface area contributed by atoms with E-state index in [1.54, 1.807) is 0 Å². The first-order valence-electron chi connectivity index (χ1n) is 6.59. The molecule has 0 aliphatic carbocycles. The minimum absolute atomic E-state index is 0.343. The van der Waals surface area contributed by atoms with Gasteiger partial charge in [0.05, 0.1) is 0 Å². The van der Waals surface area contributed by atoms with Gasteiger partial charge in [-0.2, -0.15) is 0 Å². The average Bonchev–Trinajstić information content (AvgIpc) is 2.59. The van der Waals surface area contributed by atoms with Gasteiger partial charge in [0.15, 0.2) is 0 Å². The second-order valence-corrected chi connectivity index (χ2v) is 5.19. The van der Waals surface area contributed by atoms with E-state index in [2.05, 4.69) is 33.0 Å². The van der Waals surface area contributed by atoms with Crippen molar-refractivity contribution in [2.75, 3.05) is 19.6 Å². The Bertz CT molecular complexity index is 228. The molecule has 0 radical (unpaired) electrons. The predicted octanol–water partition coefficient (Wildman–Crippen LogP) is 1.88. The van der Waals surface area contributed by atoms with Gasteiger partial charge in [-0.05, 0) is 18.4 Å². The number of nitrogens with one attached hydrogen (secondary N) is 1. The number of nitrogens with zero attached hydrogens (tertiary/aromatic N) is 1. The molecule has 1 N–H and O–H groups in total. The van der Waals surface area contributed by atoms with Crippen LogP contribution in [0, 0.1) is 11.8 Å². The molecule has 0 bridgehead atoms. The number of hydrogen-bond donors (Lipinski definition) is 1. The Morgan fingerprint density at radius 1 is 1.44 bits per heavy atom. The summed E-state index contributed by atoms with van der Waals surface area (Å²) in [6, 6.07) is 0.435. The fourth-order valence-electron chi connectivity index (χ4n) is 2.31.